The second-order valence-corrected chi connectivity index (χ2v) is 5.34. The topological polar surface area (TPSA) is 62.2 Å². The Kier molecular flexibility index (Phi) is 5.03. The van der Waals surface area contributed by atoms with Gasteiger partial charge in [-0.3, -0.25) is 4.79 Å². The minimum atomic E-state index is -0.398. The summed E-state index contributed by atoms with van der Waals surface area (Å²) < 4.78 is 0. The number of carbonyl (C=O) groups excluding carboxylic acids is 1. The van der Waals surface area contributed by atoms with Crippen LogP contribution in [0.2, 0.25) is 0 Å². The van der Waals surface area contributed by atoms with Crippen molar-refractivity contribution in [1.29, 1.82) is 0 Å². The summed E-state index contributed by atoms with van der Waals surface area (Å²) in [4.78, 5) is 16.1. The van der Waals surface area contributed by atoms with Gasteiger partial charge in [0, 0.05) is 11.5 Å². The summed E-state index contributed by atoms with van der Waals surface area (Å²) in [5, 5.41) is 15.0. The molecule has 1 amide bonds. The lowest BCUT2D eigenvalue weighted by molar-refractivity contribution is -0.117. The molecule has 0 saturated heterocycles. The monoisotopic (exact) mass is 288 g/mol. The smallest absolute Gasteiger partial charge is 0.244 e. The van der Waals surface area contributed by atoms with E-state index in [0.717, 1.165) is 16.3 Å². The first kappa shape index (κ1) is 14.4. The lowest BCUT2D eigenvalue weighted by atomic mass is 10.1. The van der Waals surface area contributed by atoms with Crippen LogP contribution in [0.25, 0.3) is 6.08 Å². The van der Waals surface area contributed by atoms with Crippen molar-refractivity contribution in [2.75, 3.05) is 6.61 Å². The number of aliphatic hydroxyl groups is 1. The number of aromatic nitrogens is 1. The Morgan fingerprint density at radius 3 is 2.80 bits per heavy atom. The molecule has 2 N–H and O–H groups in total. The van der Waals surface area contributed by atoms with E-state index in [2.05, 4.69) is 10.3 Å². The molecule has 20 heavy (non-hydrogen) atoms. The lowest BCUT2D eigenvalue weighted by Crippen LogP contribution is -2.29. The number of benzene rings is 1. The normalized spacial score (nSPS) is 12.5. The zero-order valence-corrected chi connectivity index (χ0v) is 11.9. The number of aliphatic hydroxyl groups excluding tert-OH is 1. The van der Waals surface area contributed by atoms with E-state index >= 15 is 0 Å². The third kappa shape index (κ3) is 4.01. The van der Waals surface area contributed by atoms with E-state index in [1.54, 1.807) is 6.08 Å². The van der Waals surface area contributed by atoms with Crippen LogP contribution in [0.15, 0.2) is 41.8 Å². The van der Waals surface area contributed by atoms with Crippen molar-refractivity contribution < 1.29 is 9.90 Å². The highest BCUT2D eigenvalue weighted by molar-refractivity contribution is 7.09. The van der Waals surface area contributed by atoms with Gasteiger partial charge in [-0.25, -0.2) is 4.98 Å². The molecule has 0 fully saturated rings. The van der Waals surface area contributed by atoms with Crippen molar-refractivity contribution in [3.05, 3.63) is 58.1 Å². The molecule has 2 aromatic rings. The largest absolute Gasteiger partial charge is 0.394 e. The number of nitrogens with one attached hydrogen (secondary N) is 1. The molecule has 1 aromatic heterocycles. The maximum Gasteiger partial charge on any atom is 0.244 e. The van der Waals surface area contributed by atoms with E-state index in [1.165, 1.54) is 17.4 Å². The average molecular weight is 288 g/mol. The Bertz CT molecular complexity index is 593. The molecule has 4 nitrogen and oxygen atoms in total. The van der Waals surface area contributed by atoms with Crippen molar-refractivity contribution >= 4 is 23.3 Å². The zero-order valence-electron chi connectivity index (χ0n) is 11.1. The molecule has 1 heterocycles. The number of hydrogen-bond acceptors (Lipinski definition) is 4. The molecule has 0 unspecified atom stereocenters. The first-order valence-corrected chi connectivity index (χ1v) is 7.13. The molecule has 1 aromatic carbocycles. The highest BCUT2D eigenvalue weighted by atomic mass is 32.1. The molecule has 0 aliphatic rings. The highest BCUT2D eigenvalue weighted by Gasteiger charge is 2.11. The summed E-state index contributed by atoms with van der Waals surface area (Å²) >= 11 is 1.54. The van der Waals surface area contributed by atoms with E-state index in [0.29, 0.717) is 0 Å². The zero-order chi connectivity index (χ0) is 14.4. The summed E-state index contributed by atoms with van der Waals surface area (Å²) in [6, 6.07) is 8.98. The van der Waals surface area contributed by atoms with Gasteiger partial charge in [-0.1, -0.05) is 30.3 Å². The van der Waals surface area contributed by atoms with Crippen molar-refractivity contribution in [2.45, 2.75) is 13.0 Å². The highest BCUT2D eigenvalue weighted by Crippen LogP contribution is 2.12. The summed E-state index contributed by atoms with van der Waals surface area (Å²) in [5.74, 6) is -0.251. The van der Waals surface area contributed by atoms with E-state index in [9.17, 15) is 9.90 Å². The SMILES string of the molecule is Cc1nc(/C=C/C(=O)N[C@@H](CO)c2ccccc2)cs1. The molecule has 0 spiro atoms. The number of thiazole rings is 1. The van der Waals surface area contributed by atoms with E-state index in [-0.39, 0.29) is 12.5 Å². The first-order chi connectivity index (χ1) is 9.69. The van der Waals surface area contributed by atoms with Crippen molar-refractivity contribution in [3.8, 4) is 0 Å². The standard InChI is InChI=1S/C15H16N2O2S/c1-11-16-13(10-20-11)7-8-15(19)17-14(9-18)12-5-3-2-4-6-12/h2-8,10,14,18H,9H2,1H3,(H,17,19)/b8-7+/t14-/m0/s1. The van der Waals surface area contributed by atoms with Crippen LogP contribution in [0, 0.1) is 6.92 Å². The molecule has 104 valence electrons. The molecule has 1 atom stereocenters. The minimum Gasteiger partial charge on any atom is -0.394 e. The van der Waals surface area contributed by atoms with Gasteiger partial charge < -0.3 is 10.4 Å². The van der Waals surface area contributed by atoms with Crippen molar-refractivity contribution in [3.63, 3.8) is 0 Å². The number of hydrogen-bond donors (Lipinski definition) is 2. The maximum absolute atomic E-state index is 11.8. The summed E-state index contributed by atoms with van der Waals surface area (Å²) in [7, 11) is 0. The van der Waals surface area contributed by atoms with Crippen LogP contribution in [0.1, 0.15) is 22.3 Å². The van der Waals surface area contributed by atoms with Crippen LogP contribution in [0.4, 0.5) is 0 Å². The van der Waals surface area contributed by atoms with E-state index in [4.69, 9.17) is 0 Å². The van der Waals surface area contributed by atoms with Gasteiger partial charge in [0.1, 0.15) is 0 Å². The molecule has 0 saturated carbocycles. The number of carbonyl (C=O) groups is 1. The maximum atomic E-state index is 11.8. The van der Waals surface area contributed by atoms with Crippen LogP contribution in [0.3, 0.4) is 0 Å². The third-order valence-corrected chi connectivity index (χ3v) is 3.53. The molecule has 2 rings (SSSR count). The molecule has 0 aliphatic carbocycles. The second-order valence-electron chi connectivity index (χ2n) is 4.28. The van der Waals surface area contributed by atoms with E-state index in [1.807, 2.05) is 42.6 Å². The van der Waals surface area contributed by atoms with Crippen LogP contribution in [-0.4, -0.2) is 22.6 Å². The van der Waals surface area contributed by atoms with Crippen LogP contribution < -0.4 is 5.32 Å². The number of rotatable bonds is 5. The predicted molar refractivity (Wildman–Crippen MR) is 80.3 cm³/mol. The molecule has 0 aliphatic heterocycles. The Labute approximate surface area is 121 Å². The Morgan fingerprint density at radius 2 is 2.20 bits per heavy atom. The molecular weight excluding hydrogens is 272 g/mol. The number of aryl methyl sites for hydroxylation is 1. The summed E-state index contributed by atoms with van der Waals surface area (Å²) in [6.45, 7) is 1.78. The predicted octanol–water partition coefficient (Wildman–Crippen LogP) is 2.31. The van der Waals surface area contributed by atoms with Crippen molar-refractivity contribution in [2.24, 2.45) is 0 Å². The second kappa shape index (κ2) is 6.98. The number of amides is 1. The molecular formula is C15H16N2O2S. The van der Waals surface area contributed by atoms with Gasteiger partial charge in [-0.2, -0.15) is 0 Å². The van der Waals surface area contributed by atoms with Crippen LogP contribution in [0.5, 0.6) is 0 Å². The Balaban J connectivity index is 1.98. The fourth-order valence-electron chi connectivity index (χ4n) is 1.76. The van der Waals surface area contributed by atoms with Gasteiger partial charge in [0.05, 0.1) is 23.4 Å². The van der Waals surface area contributed by atoms with Gasteiger partial charge in [0.15, 0.2) is 0 Å². The molecule has 5 heteroatoms. The number of nitrogens with zero attached hydrogens (tertiary/aromatic N) is 1. The van der Waals surface area contributed by atoms with Crippen LogP contribution in [-0.2, 0) is 4.79 Å². The van der Waals surface area contributed by atoms with Gasteiger partial charge in [-0.05, 0) is 18.6 Å². The van der Waals surface area contributed by atoms with Gasteiger partial charge in [-0.15, -0.1) is 11.3 Å². The molecule has 0 bridgehead atoms. The van der Waals surface area contributed by atoms with E-state index < -0.39 is 6.04 Å². The van der Waals surface area contributed by atoms with Crippen molar-refractivity contribution in [1.82, 2.24) is 10.3 Å². The summed E-state index contributed by atoms with van der Waals surface area (Å²) in [6.07, 6.45) is 3.10. The average Bonchev–Trinajstić information content (AvgIpc) is 2.89. The Morgan fingerprint density at radius 1 is 1.45 bits per heavy atom. The van der Waals surface area contributed by atoms with Gasteiger partial charge in [0.2, 0.25) is 5.91 Å². The summed E-state index contributed by atoms with van der Waals surface area (Å²) in [5.41, 5.74) is 1.64. The first-order valence-electron chi connectivity index (χ1n) is 6.25. The van der Waals surface area contributed by atoms with Crippen LogP contribution >= 0.6 is 11.3 Å². The fraction of sp³-hybridized carbons (Fsp3) is 0.200. The Hall–Kier alpha value is -1.98. The molecule has 0 radical (unpaired) electrons. The fourth-order valence-corrected chi connectivity index (χ4v) is 2.34. The quantitative estimate of drug-likeness (QED) is 0.830. The minimum absolute atomic E-state index is 0.139. The van der Waals surface area contributed by atoms with Gasteiger partial charge in [0.25, 0.3) is 0 Å². The van der Waals surface area contributed by atoms with Gasteiger partial charge >= 0.3 is 0 Å². The lowest BCUT2D eigenvalue weighted by Gasteiger charge is -2.15. The third-order valence-electron chi connectivity index (χ3n) is 2.74.